The number of carbonyl (C=O) groups is 2. The molecule has 1 atom stereocenters. The molecule has 0 aliphatic heterocycles. The topological polar surface area (TPSA) is 85.1 Å². The molecule has 0 fully saturated rings. The van der Waals surface area contributed by atoms with Crippen LogP contribution < -0.4 is 11.1 Å². The molecule has 1 aromatic carbocycles. The first-order chi connectivity index (χ1) is 8.56. The SMILES string of the molecule is C[C@H](Sc1nc2ccccc2s1)C(=O)NC(N)=O. The maximum absolute atomic E-state index is 11.5. The minimum absolute atomic E-state index is 0.410. The predicted molar refractivity (Wildman–Crippen MR) is 72.7 cm³/mol. The van der Waals surface area contributed by atoms with Crippen molar-refractivity contribution in [2.45, 2.75) is 16.5 Å². The molecular weight excluding hydrogens is 270 g/mol. The Hall–Kier alpha value is -1.60. The second-order valence-electron chi connectivity index (χ2n) is 3.56. The van der Waals surface area contributed by atoms with Crippen molar-refractivity contribution in [1.82, 2.24) is 10.3 Å². The molecule has 18 heavy (non-hydrogen) atoms. The van der Waals surface area contributed by atoms with Crippen molar-refractivity contribution in [2.24, 2.45) is 5.73 Å². The molecule has 3 N–H and O–H groups in total. The molecule has 2 aromatic rings. The van der Waals surface area contributed by atoms with Crippen molar-refractivity contribution in [3.05, 3.63) is 24.3 Å². The summed E-state index contributed by atoms with van der Waals surface area (Å²) in [7, 11) is 0. The van der Waals surface area contributed by atoms with Gasteiger partial charge in [0.1, 0.15) is 0 Å². The van der Waals surface area contributed by atoms with Crippen LogP contribution >= 0.6 is 23.1 Å². The van der Waals surface area contributed by atoms with E-state index in [-0.39, 0.29) is 0 Å². The van der Waals surface area contributed by atoms with Gasteiger partial charge in [0.15, 0.2) is 4.34 Å². The largest absolute Gasteiger partial charge is 0.351 e. The van der Waals surface area contributed by atoms with Gasteiger partial charge in [-0.15, -0.1) is 11.3 Å². The number of hydrogen-bond donors (Lipinski definition) is 2. The molecule has 0 saturated heterocycles. The summed E-state index contributed by atoms with van der Waals surface area (Å²) >= 11 is 2.82. The van der Waals surface area contributed by atoms with Crippen LogP contribution in [-0.2, 0) is 4.79 Å². The van der Waals surface area contributed by atoms with Crippen LogP contribution in [0.5, 0.6) is 0 Å². The maximum Gasteiger partial charge on any atom is 0.318 e. The zero-order valence-electron chi connectivity index (χ0n) is 9.54. The lowest BCUT2D eigenvalue weighted by molar-refractivity contribution is -0.119. The number of hydrogen-bond acceptors (Lipinski definition) is 5. The van der Waals surface area contributed by atoms with Gasteiger partial charge >= 0.3 is 6.03 Å². The average molecular weight is 281 g/mol. The van der Waals surface area contributed by atoms with Crippen molar-refractivity contribution in [3.8, 4) is 0 Å². The number of amides is 3. The molecule has 0 aliphatic carbocycles. The lowest BCUT2D eigenvalue weighted by atomic mass is 10.3. The summed E-state index contributed by atoms with van der Waals surface area (Å²) in [5, 5.41) is 1.63. The fraction of sp³-hybridized carbons (Fsp3) is 0.182. The second kappa shape index (κ2) is 5.36. The number of nitrogens with two attached hydrogens (primary N) is 1. The highest BCUT2D eigenvalue weighted by Gasteiger charge is 2.17. The smallest absolute Gasteiger partial charge is 0.318 e. The van der Waals surface area contributed by atoms with Gasteiger partial charge in [-0.3, -0.25) is 10.1 Å². The Labute approximate surface area is 112 Å². The quantitative estimate of drug-likeness (QED) is 0.842. The molecule has 0 bridgehead atoms. The van der Waals surface area contributed by atoms with E-state index in [1.54, 1.807) is 6.92 Å². The Balaban J connectivity index is 2.09. The first-order valence-corrected chi connectivity index (χ1v) is 6.88. The molecule has 0 radical (unpaired) electrons. The van der Waals surface area contributed by atoms with Crippen LogP contribution in [0.1, 0.15) is 6.92 Å². The number of nitrogens with zero attached hydrogens (tertiary/aromatic N) is 1. The molecule has 3 amide bonds. The molecule has 0 unspecified atom stereocenters. The van der Waals surface area contributed by atoms with E-state index in [0.29, 0.717) is 0 Å². The Morgan fingerprint density at radius 3 is 2.83 bits per heavy atom. The molecule has 0 spiro atoms. The van der Waals surface area contributed by atoms with Crippen LogP contribution in [0.2, 0.25) is 0 Å². The molecular formula is C11H11N3O2S2. The minimum atomic E-state index is -0.836. The van der Waals surface area contributed by atoms with Crippen molar-refractivity contribution < 1.29 is 9.59 Å². The summed E-state index contributed by atoms with van der Waals surface area (Å²) in [6, 6.07) is 6.92. The van der Waals surface area contributed by atoms with Gasteiger partial charge in [0.2, 0.25) is 5.91 Å². The molecule has 1 heterocycles. The number of aromatic nitrogens is 1. The molecule has 2 rings (SSSR count). The van der Waals surface area contributed by atoms with Crippen molar-refractivity contribution >= 4 is 45.3 Å². The first-order valence-electron chi connectivity index (χ1n) is 5.19. The zero-order chi connectivity index (χ0) is 13.1. The van der Waals surface area contributed by atoms with Gasteiger partial charge < -0.3 is 5.73 Å². The molecule has 0 aliphatic rings. The summed E-state index contributed by atoms with van der Waals surface area (Å²) in [5.41, 5.74) is 5.80. The van der Waals surface area contributed by atoms with Crippen LogP contribution in [0.4, 0.5) is 4.79 Å². The average Bonchev–Trinajstić information content (AvgIpc) is 2.69. The molecule has 5 nitrogen and oxygen atoms in total. The van der Waals surface area contributed by atoms with Gasteiger partial charge in [-0.2, -0.15) is 0 Å². The van der Waals surface area contributed by atoms with Crippen molar-refractivity contribution in [3.63, 3.8) is 0 Å². The number of carbonyl (C=O) groups excluding carboxylic acids is 2. The number of primary amides is 1. The fourth-order valence-corrected chi connectivity index (χ4v) is 3.54. The van der Waals surface area contributed by atoms with Crippen LogP contribution in [-0.4, -0.2) is 22.2 Å². The van der Waals surface area contributed by atoms with Gasteiger partial charge in [0, 0.05) is 0 Å². The highest BCUT2D eigenvalue weighted by Crippen LogP contribution is 2.31. The normalized spacial score (nSPS) is 12.3. The van der Waals surface area contributed by atoms with E-state index in [2.05, 4.69) is 10.3 Å². The van der Waals surface area contributed by atoms with E-state index in [0.717, 1.165) is 14.6 Å². The number of urea groups is 1. The molecule has 94 valence electrons. The highest BCUT2D eigenvalue weighted by molar-refractivity contribution is 8.02. The first kappa shape index (κ1) is 12.8. The Kier molecular flexibility index (Phi) is 3.83. The third-order valence-electron chi connectivity index (χ3n) is 2.17. The van der Waals surface area contributed by atoms with Crippen LogP contribution in [0, 0.1) is 0 Å². The lowest BCUT2D eigenvalue weighted by Gasteiger charge is -2.06. The number of nitrogens with one attached hydrogen (secondary N) is 1. The Morgan fingerprint density at radius 2 is 2.17 bits per heavy atom. The summed E-state index contributed by atoms with van der Waals surface area (Å²) in [6.07, 6.45) is 0. The highest BCUT2D eigenvalue weighted by atomic mass is 32.2. The van der Waals surface area contributed by atoms with Gasteiger partial charge in [-0.05, 0) is 19.1 Å². The van der Waals surface area contributed by atoms with Crippen molar-refractivity contribution in [1.29, 1.82) is 0 Å². The fourth-order valence-electron chi connectivity index (χ4n) is 1.33. The van der Waals surface area contributed by atoms with E-state index in [9.17, 15) is 9.59 Å². The Bertz CT molecular complexity index is 564. The zero-order valence-corrected chi connectivity index (χ0v) is 11.2. The number of para-hydroxylation sites is 1. The summed E-state index contributed by atoms with van der Waals surface area (Å²) in [5.74, 6) is -0.410. The molecule has 1 aromatic heterocycles. The van der Waals surface area contributed by atoms with Gasteiger partial charge in [0.25, 0.3) is 0 Å². The third kappa shape index (κ3) is 2.99. The molecule has 7 heteroatoms. The number of thiazole rings is 1. The third-order valence-corrected chi connectivity index (χ3v) is 4.40. The number of benzene rings is 1. The monoisotopic (exact) mass is 281 g/mol. The van der Waals surface area contributed by atoms with Gasteiger partial charge in [-0.25, -0.2) is 9.78 Å². The second-order valence-corrected chi connectivity index (χ2v) is 6.18. The number of thioether (sulfide) groups is 1. The number of rotatable bonds is 3. The lowest BCUT2D eigenvalue weighted by Crippen LogP contribution is -2.39. The maximum atomic E-state index is 11.5. The van der Waals surface area contributed by atoms with Gasteiger partial charge in [-0.1, -0.05) is 23.9 Å². The van der Waals surface area contributed by atoms with Gasteiger partial charge in [0.05, 0.1) is 15.5 Å². The van der Waals surface area contributed by atoms with E-state index >= 15 is 0 Å². The van der Waals surface area contributed by atoms with Crippen LogP contribution in [0.3, 0.4) is 0 Å². The van der Waals surface area contributed by atoms with Crippen LogP contribution in [0.15, 0.2) is 28.6 Å². The van der Waals surface area contributed by atoms with E-state index < -0.39 is 17.2 Å². The van der Waals surface area contributed by atoms with Crippen molar-refractivity contribution in [2.75, 3.05) is 0 Å². The molecule has 0 saturated carbocycles. The standard InChI is InChI=1S/C11H11N3O2S2/c1-6(9(15)14-10(12)16)17-11-13-7-4-2-3-5-8(7)18-11/h2-6H,1H3,(H3,12,14,15,16)/t6-/m0/s1. The summed E-state index contributed by atoms with van der Waals surface area (Å²) < 4.78 is 1.87. The van der Waals surface area contributed by atoms with E-state index in [1.165, 1.54) is 23.1 Å². The van der Waals surface area contributed by atoms with E-state index in [4.69, 9.17) is 5.73 Å². The van der Waals surface area contributed by atoms with E-state index in [1.807, 2.05) is 24.3 Å². The predicted octanol–water partition coefficient (Wildman–Crippen LogP) is 1.97. The minimum Gasteiger partial charge on any atom is -0.351 e. The Morgan fingerprint density at radius 1 is 1.44 bits per heavy atom. The number of imide groups is 1. The number of fused-ring (bicyclic) bond motifs is 1. The van der Waals surface area contributed by atoms with Crippen LogP contribution in [0.25, 0.3) is 10.2 Å². The summed E-state index contributed by atoms with van der Waals surface area (Å²) in [4.78, 5) is 26.5. The summed E-state index contributed by atoms with van der Waals surface area (Å²) in [6.45, 7) is 1.70.